The van der Waals surface area contributed by atoms with Gasteiger partial charge in [0.15, 0.2) is 0 Å². The van der Waals surface area contributed by atoms with Crippen molar-refractivity contribution in [2.45, 2.75) is 23.8 Å². The first kappa shape index (κ1) is 18.6. The quantitative estimate of drug-likeness (QED) is 0.808. The largest absolute Gasteiger partial charge is 0.327 e. The smallest absolute Gasteiger partial charge is 0.256 e. The molecule has 0 spiro atoms. The standard InChI is InChI=1S/C21H21N3O3S/c1-28-15-7-4-6-14(12-15)22-19(25)13-24-17-9-3-2-8-16(17)20(26)23-11-5-10-18(23)21(24)27/h2-4,6-9,12,18H,5,10-11,13H2,1H3,(H,22,25)/t18-/m1/s1. The highest BCUT2D eigenvalue weighted by molar-refractivity contribution is 7.98. The number of amides is 3. The van der Waals surface area contributed by atoms with Crippen molar-refractivity contribution in [1.29, 1.82) is 0 Å². The summed E-state index contributed by atoms with van der Waals surface area (Å²) in [5.74, 6) is -0.619. The predicted octanol–water partition coefficient (Wildman–Crippen LogP) is 3.00. The molecule has 2 aromatic carbocycles. The average Bonchev–Trinajstić information content (AvgIpc) is 3.18. The molecule has 6 nitrogen and oxygen atoms in total. The number of rotatable bonds is 4. The number of nitrogens with zero attached hydrogens (tertiary/aromatic N) is 2. The molecule has 4 rings (SSSR count). The summed E-state index contributed by atoms with van der Waals surface area (Å²) in [7, 11) is 0. The molecule has 0 bridgehead atoms. The second-order valence-electron chi connectivity index (χ2n) is 6.88. The lowest BCUT2D eigenvalue weighted by Gasteiger charge is -2.25. The lowest BCUT2D eigenvalue weighted by atomic mass is 10.1. The Morgan fingerprint density at radius 3 is 2.82 bits per heavy atom. The number of nitrogens with one attached hydrogen (secondary N) is 1. The highest BCUT2D eigenvalue weighted by Gasteiger charge is 2.42. The fraction of sp³-hybridized carbons (Fsp3) is 0.286. The van der Waals surface area contributed by atoms with Crippen LogP contribution in [0.1, 0.15) is 23.2 Å². The molecule has 1 fully saturated rings. The van der Waals surface area contributed by atoms with Crippen LogP contribution in [0.2, 0.25) is 0 Å². The lowest BCUT2D eigenvalue weighted by molar-refractivity contribution is -0.124. The van der Waals surface area contributed by atoms with E-state index in [-0.39, 0.29) is 24.3 Å². The summed E-state index contributed by atoms with van der Waals surface area (Å²) in [4.78, 5) is 42.9. The monoisotopic (exact) mass is 395 g/mol. The Hall–Kier alpha value is -2.80. The molecule has 0 saturated carbocycles. The van der Waals surface area contributed by atoms with Crippen molar-refractivity contribution in [1.82, 2.24) is 4.90 Å². The van der Waals surface area contributed by atoms with Gasteiger partial charge >= 0.3 is 0 Å². The van der Waals surface area contributed by atoms with Crippen LogP contribution in [0.5, 0.6) is 0 Å². The fourth-order valence-electron chi connectivity index (χ4n) is 3.82. The third-order valence-corrected chi connectivity index (χ3v) is 5.87. The summed E-state index contributed by atoms with van der Waals surface area (Å²) >= 11 is 1.59. The van der Waals surface area contributed by atoms with E-state index in [4.69, 9.17) is 0 Å². The van der Waals surface area contributed by atoms with Gasteiger partial charge in [-0.25, -0.2) is 0 Å². The molecule has 2 aliphatic heterocycles. The van der Waals surface area contributed by atoms with Gasteiger partial charge in [0.25, 0.3) is 5.91 Å². The van der Waals surface area contributed by atoms with Crippen molar-refractivity contribution in [3.63, 3.8) is 0 Å². The van der Waals surface area contributed by atoms with Gasteiger partial charge in [-0.1, -0.05) is 18.2 Å². The normalized spacial score (nSPS) is 18.5. The molecule has 1 atom stereocenters. The molecule has 28 heavy (non-hydrogen) atoms. The molecule has 2 heterocycles. The maximum Gasteiger partial charge on any atom is 0.256 e. The van der Waals surface area contributed by atoms with Gasteiger partial charge < -0.3 is 15.1 Å². The van der Waals surface area contributed by atoms with Crippen molar-refractivity contribution in [2.75, 3.05) is 29.6 Å². The molecular weight excluding hydrogens is 374 g/mol. The van der Waals surface area contributed by atoms with Gasteiger partial charge in [-0.3, -0.25) is 14.4 Å². The maximum atomic E-state index is 13.2. The minimum Gasteiger partial charge on any atom is -0.327 e. The zero-order valence-electron chi connectivity index (χ0n) is 15.6. The number of hydrogen-bond donors (Lipinski definition) is 1. The number of anilines is 2. The van der Waals surface area contributed by atoms with Crippen LogP contribution in [-0.4, -0.2) is 48.0 Å². The van der Waals surface area contributed by atoms with E-state index in [9.17, 15) is 14.4 Å². The van der Waals surface area contributed by atoms with Crippen LogP contribution in [0, 0.1) is 0 Å². The summed E-state index contributed by atoms with van der Waals surface area (Å²) in [5, 5.41) is 2.86. The molecule has 1 saturated heterocycles. The second kappa shape index (κ2) is 7.67. The molecule has 1 N–H and O–H groups in total. The van der Waals surface area contributed by atoms with Crippen molar-refractivity contribution < 1.29 is 14.4 Å². The zero-order chi connectivity index (χ0) is 19.7. The van der Waals surface area contributed by atoms with E-state index in [0.29, 0.717) is 29.9 Å². The summed E-state index contributed by atoms with van der Waals surface area (Å²) < 4.78 is 0. The average molecular weight is 395 g/mol. The van der Waals surface area contributed by atoms with Gasteiger partial charge in [0, 0.05) is 17.1 Å². The summed E-state index contributed by atoms with van der Waals surface area (Å²) in [6.07, 6.45) is 3.40. The first-order valence-corrected chi connectivity index (χ1v) is 10.5. The lowest BCUT2D eigenvalue weighted by Crippen LogP contribution is -2.47. The van der Waals surface area contributed by atoms with Gasteiger partial charge in [-0.2, -0.15) is 0 Å². The van der Waals surface area contributed by atoms with Crippen LogP contribution < -0.4 is 10.2 Å². The summed E-state index contributed by atoms with van der Waals surface area (Å²) in [5.41, 5.74) is 1.66. The van der Waals surface area contributed by atoms with Crippen LogP contribution >= 0.6 is 11.8 Å². The van der Waals surface area contributed by atoms with E-state index >= 15 is 0 Å². The van der Waals surface area contributed by atoms with E-state index in [1.807, 2.05) is 30.5 Å². The molecule has 0 aromatic heterocycles. The molecule has 2 aromatic rings. The molecule has 0 aliphatic carbocycles. The highest BCUT2D eigenvalue weighted by Crippen LogP contribution is 2.32. The van der Waals surface area contributed by atoms with Crippen molar-refractivity contribution in [3.05, 3.63) is 54.1 Å². The third-order valence-electron chi connectivity index (χ3n) is 5.15. The minimum absolute atomic E-state index is 0.128. The number of fused-ring (bicyclic) bond motifs is 2. The van der Waals surface area contributed by atoms with Gasteiger partial charge in [0.05, 0.1) is 11.3 Å². The van der Waals surface area contributed by atoms with Crippen LogP contribution in [-0.2, 0) is 9.59 Å². The molecule has 144 valence electrons. The van der Waals surface area contributed by atoms with Crippen LogP contribution in [0.15, 0.2) is 53.4 Å². The Bertz CT molecular complexity index is 946. The molecule has 0 unspecified atom stereocenters. The van der Waals surface area contributed by atoms with Crippen molar-refractivity contribution >= 4 is 40.9 Å². The summed E-state index contributed by atoms with van der Waals surface area (Å²) in [6.45, 7) is 0.446. The van der Waals surface area contributed by atoms with E-state index in [1.54, 1.807) is 40.9 Å². The Kier molecular flexibility index (Phi) is 5.09. The highest BCUT2D eigenvalue weighted by atomic mass is 32.2. The van der Waals surface area contributed by atoms with E-state index in [2.05, 4.69) is 5.32 Å². The Morgan fingerprint density at radius 1 is 1.18 bits per heavy atom. The van der Waals surface area contributed by atoms with Gasteiger partial charge in [0.2, 0.25) is 11.8 Å². The minimum atomic E-state index is -0.493. The topological polar surface area (TPSA) is 69.7 Å². The van der Waals surface area contributed by atoms with E-state index in [1.165, 1.54) is 4.90 Å². The van der Waals surface area contributed by atoms with Crippen molar-refractivity contribution in [2.24, 2.45) is 0 Å². The first-order chi connectivity index (χ1) is 13.6. The SMILES string of the molecule is CSc1cccc(NC(=O)CN2C(=O)[C@H]3CCCN3C(=O)c3ccccc32)c1. The van der Waals surface area contributed by atoms with Gasteiger partial charge in [-0.15, -0.1) is 11.8 Å². The van der Waals surface area contributed by atoms with E-state index < -0.39 is 6.04 Å². The van der Waals surface area contributed by atoms with Crippen molar-refractivity contribution in [3.8, 4) is 0 Å². The van der Waals surface area contributed by atoms with Crippen LogP contribution in [0.3, 0.4) is 0 Å². The number of carbonyl (C=O) groups excluding carboxylic acids is 3. The summed E-state index contributed by atoms with van der Waals surface area (Å²) in [6, 6.07) is 14.1. The van der Waals surface area contributed by atoms with Gasteiger partial charge in [0.1, 0.15) is 12.6 Å². The molecular formula is C21H21N3O3S. The third kappa shape index (κ3) is 3.38. The number of thioether (sulfide) groups is 1. The molecule has 2 aliphatic rings. The maximum absolute atomic E-state index is 13.2. The molecule has 7 heteroatoms. The second-order valence-corrected chi connectivity index (χ2v) is 7.76. The van der Waals surface area contributed by atoms with Gasteiger partial charge in [-0.05, 0) is 49.4 Å². The van der Waals surface area contributed by atoms with Crippen LogP contribution in [0.4, 0.5) is 11.4 Å². The van der Waals surface area contributed by atoms with E-state index in [0.717, 1.165) is 11.3 Å². The Labute approximate surface area is 167 Å². The van der Waals surface area contributed by atoms with Crippen LogP contribution in [0.25, 0.3) is 0 Å². The zero-order valence-corrected chi connectivity index (χ0v) is 16.4. The Morgan fingerprint density at radius 2 is 2.00 bits per heavy atom. The molecule has 0 radical (unpaired) electrons. The predicted molar refractivity (Wildman–Crippen MR) is 110 cm³/mol. The first-order valence-electron chi connectivity index (χ1n) is 9.24. The number of hydrogen-bond acceptors (Lipinski definition) is 4. The Balaban J connectivity index is 1.61. The number of benzene rings is 2. The number of para-hydroxylation sites is 1. The number of carbonyl (C=O) groups is 3. The fourth-order valence-corrected chi connectivity index (χ4v) is 4.28. The molecule has 3 amide bonds.